The number of hydrogen-bond donors (Lipinski definition) is 1. The maximum atomic E-state index is 12.2. The zero-order chi connectivity index (χ0) is 13.1. The van der Waals surface area contributed by atoms with E-state index in [1.807, 2.05) is 4.90 Å². The Hall–Kier alpha value is -1.06. The van der Waals surface area contributed by atoms with Crippen LogP contribution < -0.4 is 5.32 Å². The first-order chi connectivity index (χ1) is 8.58. The van der Waals surface area contributed by atoms with Crippen molar-refractivity contribution in [2.75, 3.05) is 13.1 Å². The van der Waals surface area contributed by atoms with Crippen molar-refractivity contribution >= 4 is 11.8 Å². The molecule has 0 aromatic heterocycles. The summed E-state index contributed by atoms with van der Waals surface area (Å²) in [6, 6.07) is -0.362. The lowest BCUT2D eigenvalue weighted by Crippen LogP contribution is -2.45. The van der Waals surface area contributed by atoms with Crippen molar-refractivity contribution in [1.29, 1.82) is 0 Å². The maximum absolute atomic E-state index is 12.2. The van der Waals surface area contributed by atoms with Crippen LogP contribution in [0.25, 0.3) is 0 Å². The molecule has 2 rings (SSSR count). The molecule has 0 bridgehead atoms. The molecule has 0 spiro atoms. The van der Waals surface area contributed by atoms with Gasteiger partial charge in [0, 0.05) is 19.5 Å². The zero-order valence-electron chi connectivity index (χ0n) is 11.4. The normalized spacial score (nSPS) is 34.1. The lowest BCUT2D eigenvalue weighted by atomic mass is 9.80. The highest BCUT2D eigenvalue weighted by atomic mass is 16.2. The fourth-order valence-corrected chi connectivity index (χ4v) is 3.12. The molecule has 1 saturated heterocycles. The molecule has 3 unspecified atom stereocenters. The van der Waals surface area contributed by atoms with E-state index in [0.29, 0.717) is 24.8 Å². The van der Waals surface area contributed by atoms with Gasteiger partial charge in [0.15, 0.2) is 0 Å². The van der Waals surface area contributed by atoms with Crippen LogP contribution >= 0.6 is 0 Å². The van der Waals surface area contributed by atoms with E-state index in [2.05, 4.69) is 12.2 Å². The van der Waals surface area contributed by atoms with Crippen LogP contribution in [0.15, 0.2) is 0 Å². The highest BCUT2D eigenvalue weighted by molar-refractivity contribution is 5.89. The molecule has 1 saturated carbocycles. The smallest absolute Gasteiger partial charge is 0.244 e. The molecular weight excluding hydrogens is 228 g/mol. The fraction of sp³-hybridized carbons (Fsp3) is 0.857. The zero-order valence-corrected chi connectivity index (χ0v) is 11.4. The molecule has 0 aromatic rings. The third-order valence-electron chi connectivity index (χ3n) is 4.41. The van der Waals surface area contributed by atoms with Gasteiger partial charge in [-0.15, -0.1) is 0 Å². The number of amides is 2. The molecule has 1 aliphatic heterocycles. The van der Waals surface area contributed by atoms with Gasteiger partial charge in [-0.1, -0.05) is 26.2 Å². The van der Waals surface area contributed by atoms with Gasteiger partial charge in [0.1, 0.15) is 6.04 Å². The average Bonchev–Trinajstić information content (AvgIpc) is 2.45. The Labute approximate surface area is 109 Å². The van der Waals surface area contributed by atoms with E-state index in [0.717, 1.165) is 6.54 Å². The summed E-state index contributed by atoms with van der Waals surface area (Å²) in [5.41, 5.74) is 0. The Morgan fingerprint density at radius 3 is 2.67 bits per heavy atom. The van der Waals surface area contributed by atoms with Gasteiger partial charge in [-0.25, -0.2) is 0 Å². The van der Waals surface area contributed by atoms with E-state index < -0.39 is 0 Å². The Morgan fingerprint density at radius 2 is 1.94 bits per heavy atom. The molecule has 2 amide bonds. The summed E-state index contributed by atoms with van der Waals surface area (Å²) < 4.78 is 0. The second-order valence-corrected chi connectivity index (χ2v) is 5.85. The lowest BCUT2D eigenvalue weighted by molar-refractivity contribution is -0.133. The van der Waals surface area contributed by atoms with Gasteiger partial charge in [-0.05, 0) is 25.2 Å². The van der Waals surface area contributed by atoms with Crippen molar-refractivity contribution in [2.45, 2.75) is 52.0 Å². The molecule has 4 heteroatoms. The summed E-state index contributed by atoms with van der Waals surface area (Å²) in [4.78, 5) is 25.5. The van der Waals surface area contributed by atoms with Crippen molar-refractivity contribution in [1.82, 2.24) is 10.2 Å². The summed E-state index contributed by atoms with van der Waals surface area (Å²) in [6.07, 6.45) is 5.54. The van der Waals surface area contributed by atoms with E-state index in [-0.39, 0.29) is 17.9 Å². The standard InChI is InChI=1S/C14H24N2O2/c1-10-5-3-4-6-12(10)9-16-8-7-13(17)15-11(2)14(16)18/h10-12H,3-9H2,1-2H3,(H,15,17). The van der Waals surface area contributed by atoms with E-state index in [9.17, 15) is 9.59 Å². The topological polar surface area (TPSA) is 49.4 Å². The average molecular weight is 252 g/mol. The van der Waals surface area contributed by atoms with E-state index in [1.165, 1.54) is 25.7 Å². The number of hydrogen-bond acceptors (Lipinski definition) is 2. The van der Waals surface area contributed by atoms with Crippen LogP contribution in [0.4, 0.5) is 0 Å². The van der Waals surface area contributed by atoms with Crippen molar-refractivity contribution in [3.8, 4) is 0 Å². The van der Waals surface area contributed by atoms with Crippen LogP contribution in [-0.2, 0) is 9.59 Å². The monoisotopic (exact) mass is 252 g/mol. The van der Waals surface area contributed by atoms with Gasteiger partial charge in [0.25, 0.3) is 0 Å². The number of carbonyl (C=O) groups excluding carboxylic acids is 2. The van der Waals surface area contributed by atoms with Crippen LogP contribution in [0.2, 0.25) is 0 Å². The molecular formula is C14H24N2O2. The first-order valence-electron chi connectivity index (χ1n) is 7.16. The van der Waals surface area contributed by atoms with Crippen LogP contribution in [-0.4, -0.2) is 35.8 Å². The Bertz CT molecular complexity index is 330. The molecule has 2 fully saturated rings. The van der Waals surface area contributed by atoms with E-state index in [4.69, 9.17) is 0 Å². The van der Waals surface area contributed by atoms with Crippen molar-refractivity contribution in [2.24, 2.45) is 11.8 Å². The molecule has 4 nitrogen and oxygen atoms in total. The predicted molar refractivity (Wildman–Crippen MR) is 69.9 cm³/mol. The van der Waals surface area contributed by atoms with Gasteiger partial charge in [-0.3, -0.25) is 9.59 Å². The van der Waals surface area contributed by atoms with Crippen LogP contribution in [0.1, 0.15) is 46.0 Å². The Morgan fingerprint density at radius 1 is 1.22 bits per heavy atom. The molecule has 18 heavy (non-hydrogen) atoms. The fourth-order valence-electron chi connectivity index (χ4n) is 3.12. The SMILES string of the molecule is CC1NC(=O)CCN(CC2CCCCC2C)C1=O. The van der Waals surface area contributed by atoms with Gasteiger partial charge in [0.2, 0.25) is 11.8 Å². The number of rotatable bonds is 2. The maximum Gasteiger partial charge on any atom is 0.244 e. The molecule has 1 aliphatic carbocycles. The summed E-state index contributed by atoms with van der Waals surface area (Å²) in [5, 5.41) is 2.74. The van der Waals surface area contributed by atoms with Crippen molar-refractivity contribution in [3.05, 3.63) is 0 Å². The molecule has 0 radical (unpaired) electrons. The third-order valence-corrected chi connectivity index (χ3v) is 4.41. The largest absolute Gasteiger partial charge is 0.345 e. The van der Waals surface area contributed by atoms with Gasteiger partial charge >= 0.3 is 0 Å². The van der Waals surface area contributed by atoms with E-state index >= 15 is 0 Å². The highest BCUT2D eigenvalue weighted by Crippen LogP contribution is 2.30. The lowest BCUT2D eigenvalue weighted by Gasteiger charge is -2.33. The summed E-state index contributed by atoms with van der Waals surface area (Å²) in [7, 11) is 0. The first kappa shape index (κ1) is 13.4. The third kappa shape index (κ3) is 3.03. The Kier molecular flexibility index (Phi) is 4.25. The number of carbonyl (C=O) groups is 2. The second kappa shape index (κ2) is 5.72. The van der Waals surface area contributed by atoms with Crippen LogP contribution in [0, 0.1) is 11.8 Å². The minimum absolute atomic E-state index is 0.00459. The van der Waals surface area contributed by atoms with Crippen molar-refractivity contribution in [3.63, 3.8) is 0 Å². The van der Waals surface area contributed by atoms with Gasteiger partial charge in [-0.2, -0.15) is 0 Å². The number of nitrogens with one attached hydrogen (secondary N) is 1. The summed E-state index contributed by atoms with van der Waals surface area (Å²) >= 11 is 0. The van der Waals surface area contributed by atoms with Gasteiger partial charge in [0.05, 0.1) is 0 Å². The summed E-state index contributed by atoms with van der Waals surface area (Å²) in [6.45, 7) is 5.49. The Balaban J connectivity index is 1.98. The minimum Gasteiger partial charge on any atom is -0.345 e. The molecule has 0 aromatic carbocycles. The van der Waals surface area contributed by atoms with Crippen molar-refractivity contribution < 1.29 is 9.59 Å². The van der Waals surface area contributed by atoms with Gasteiger partial charge < -0.3 is 10.2 Å². The molecule has 1 heterocycles. The molecule has 2 aliphatic rings. The molecule has 3 atom stereocenters. The predicted octanol–water partition coefficient (Wildman–Crippen LogP) is 1.55. The first-order valence-corrected chi connectivity index (χ1v) is 7.16. The quantitative estimate of drug-likeness (QED) is 0.810. The second-order valence-electron chi connectivity index (χ2n) is 5.85. The molecule has 1 N–H and O–H groups in total. The van der Waals surface area contributed by atoms with E-state index in [1.54, 1.807) is 6.92 Å². The summed E-state index contributed by atoms with van der Waals surface area (Å²) in [5.74, 6) is 1.39. The van der Waals surface area contributed by atoms with Crippen LogP contribution in [0.3, 0.4) is 0 Å². The number of nitrogens with zero attached hydrogens (tertiary/aromatic N) is 1. The highest BCUT2D eigenvalue weighted by Gasteiger charge is 2.30. The van der Waals surface area contributed by atoms with Crippen LogP contribution in [0.5, 0.6) is 0 Å². The molecule has 102 valence electrons. The minimum atomic E-state index is -0.362.